The van der Waals surface area contributed by atoms with Gasteiger partial charge in [-0.25, -0.2) is 9.97 Å². The lowest BCUT2D eigenvalue weighted by molar-refractivity contribution is 0.654. The minimum Gasteiger partial charge on any atom is -0.287 e. The van der Waals surface area contributed by atoms with Gasteiger partial charge in [0.2, 0.25) is 0 Å². The third-order valence-corrected chi connectivity index (χ3v) is 3.97. The van der Waals surface area contributed by atoms with Gasteiger partial charge in [0, 0.05) is 17.8 Å². The van der Waals surface area contributed by atoms with E-state index in [-0.39, 0.29) is 0 Å². The van der Waals surface area contributed by atoms with Crippen molar-refractivity contribution < 1.29 is 0 Å². The van der Waals surface area contributed by atoms with E-state index in [0.717, 1.165) is 24.2 Å². The molecule has 1 aliphatic rings. The third-order valence-electron chi connectivity index (χ3n) is 3.34. The summed E-state index contributed by atoms with van der Waals surface area (Å²) in [5, 5.41) is 0.614. The van der Waals surface area contributed by atoms with E-state index in [2.05, 4.69) is 14.5 Å². The molecule has 0 unspecified atom stereocenters. The van der Waals surface area contributed by atoms with Crippen molar-refractivity contribution in [2.24, 2.45) is 0 Å². The highest BCUT2D eigenvalue weighted by Crippen LogP contribution is 2.24. The predicted molar refractivity (Wildman–Crippen MR) is 72.6 cm³/mol. The molecule has 0 atom stereocenters. The Morgan fingerprint density at radius 2 is 2.06 bits per heavy atom. The molecule has 94 valence electrons. The van der Waals surface area contributed by atoms with E-state index in [9.17, 15) is 0 Å². The molecule has 0 aromatic carbocycles. The molecule has 2 aromatic rings. The van der Waals surface area contributed by atoms with Gasteiger partial charge in [0.1, 0.15) is 12.1 Å². The van der Waals surface area contributed by atoms with Gasteiger partial charge in [-0.05, 0) is 37.3 Å². The van der Waals surface area contributed by atoms with Gasteiger partial charge in [-0.1, -0.05) is 11.6 Å². The molecule has 0 aliphatic heterocycles. The number of pyridine rings is 1. The Labute approximate surface area is 116 Å². The summed E-state index contributed by atoms with van der Waals surface area (Å²) in [6.45, 7) is 0. The molecule has 2 heterocycles. The lowest BCUT2D eigenvalue weighted by atomic mass is 10.0. The maximum Gasteiger partial charge on any atom is 0.138 e. The number of aryl methyl sites for hydroxylation is 1. The van der Waals surface area contributed by atoms with Gasteiger partial charge in [-0.2, -0.15) is 0 Å². The van der Waals surface area contributed by atoms with Crippen molar-refractivity contribution in [3.63, 3.8) is 0 Å². The van der Waals surface area contributed by atoms with Crippen molar-refractivity contribution in [1.82, 2.24) is 14.5 Å². The molecule has 3 rings (SSSR count). The standard InChI is InChI=1S/C13H13Cl2N3/c14-6-9-5-13(16-7-10(9)15)18-8-17-11-3-1-2-4-12(11)18/h5,7-8H,1-4,6H2. The second-order valence-electron chi connectivity index (χ2n) is 4.48. The second-order valence-corrected chi connectivity index (χ2v) is 5.16. The second kappa shape index (κ2) is 4.90. The number of hydrogen-bond acceptors (Lipinski definition) is 2. The largest absolute Gasteiger partial charge is 0.287 e. The summed E-state index contributed by atoms with van der Waals surface area (Å²) in [4.78, 5) is 8.84. The molecule has 2 aromatic heterocycles. The zero-order chi connectivity index (χ0) is 12.5. The Morgan fingerprint density at radius 1 is 1.22 bits per heavy atom. The summed E-state index contributed by atoms with van der Waals surface area (Å²) >= 11 is 11.9. The van der Waals surface area contributed by atoms with Crippen LogP contribution in [0, 0.1) is 0 Å². The van der Waals surface area contributed by atoms with Crippen molar-refractivity contribution in [2.75, 3.05) is 0 Å². The zero-order valence-electron chi connectivity index (χ0n) is 9.87. The summed E-state index contributed by atoms with van der Waals surface area (Å²) in [5.74, 6) is 1.25. The fourth-order valence-corrected chi connectivity index (χ4v) is 2.83. The van der Waals surface area contributed by atoms with Crippen molar-refractivity contribution in [2.45, 2.75) is 31.6 Å². The van der Waals surface area contributed by atoms with Crippen LogP contribution >= 0.6 is 23.2 Å². The number of nitrogens with zero attached hydrogens (tertiary/aromatic N) is 3. The van der Waals surface area contributed by atoms with Gasteiger partial charge < -0.3 is 0 Å². The lowest BCUT2D eigenvalue weighted by Crippen LogP contribution is -2.08. The summed E-state index contributed by atoms with van der Waals surface area (Å²) in [6, 6.07) is 1.94. The van der Waals surface area contributed by atoms with Gasteiger partial charge >= 0.3 is 0 Å². The van der Waals surface area contributed by atoms with Crippen LogP contribution in [0.1, 0.15) is 29.8 Å². The number of rotatable bonds is 2. The summed E-state index contributed by atoms with van der Waals surface area (Å²) in [7, 11) is 0. The van der Waals surface area contributed by atoms with Crippen LogP contribution in [0.4, 0.5) is 0 Å². The summed E-state index contributed by atoms with van der Waals surface area (Å²) in [6.07, 6.45) is 8.09. The monoisotopic (exact) mass is 281 g/mol. The lowest BCUT2D eigenvalue weighted by Gasteiger charge is -2.14. The molecular weight excluding hydrogens is 269 g/mol. The van der Waals surface area contributed by atoms with E-state index in [1.165, 1.54) is 24.2 Å². The first-order valence-corrected chi connectivity index (χ1v) is 6.96. The first kappa shape index (κ1) is 12.0. The van der Waals surface area contributed by atoms with Gasteiger partial charge in [-0.3, -0.25) is 4.57 Å². The normalized spacial score (nSPS) is 14.6. The molecular formula is C13H13Cl2N3. The van der Waals surface area contributed by atoms with E-state index in [0.29, 0.717) is 10.9 Å². The van der Waals surface area contributed by atoms with Crippen LogP contribution in [-0.4, -0.2) is 14.5 Å². The zero-order valence-corrected chi connectivity index (χ0v) is 11.4. The topological polar surface area (TPSA) is 30.7 Å². The maximum absolute atomic E-state index is 6.03. The molecule has 1 aliphatic carbocycles. The molecule has 0 saturated carbocycles. The molecule has 3 nitrogen and oxygen atoms in total. The maximum atomic E-state index is 6.03. The number of halogens is 2. The predicted octanol–water partition coefficient (Wildman–Crippen LogP) is 3.54. The van der Waals surface area contributed by atoms with Gasteiger partial charge in [0.25, 0.3) is 0 Å². The summed E-state index contributed by atoms with van der Waals surface area (Å²) < 4.78 is 2.06. The number of alkyl halides is 1. The van der Waals surface area contributed by atoms with Crippen LogP contribution in [-0.2, 0) is 18.7 Å². The fraction of sp³-hybridized carbons (Fsp3) is 0.385. The minimum absolute atomic E-state index is 0.394. The van der Waals surface area contributed by atoms with Crippen LogP contribution in [0.3, 0.4) is 0 Å². The number of fused-ring (bicyclic) bond motifs is 1. The number of imidazole rings is 1. The Balaban J connectivity index is 2.07. The SMILES string of the molecule is ClCc1cc(-n2cnc3c2CCCC3)ncc1Cl. The molecule has 5 heteroatoms. The van der Waals surface area contributed by atoms with E-state index >= 15 is 0 Å². The number of hydrogen-bond donors (Lipinski definition) is 0. The van der Waals surface area contributed by atoms with Crippen molar-refractivity contribution in [3.05, 3.63) is 40.6 Å². The first-order valence-electron chi connectivity index (χ1n) is 6.05. The van der Waals surface area contributed by atoms with Crippen LogP contribution in [0.25, 0.3) is 5.82 Å². The molecule has 0 saturated heterocycles. The third kappa shape index (κ3) is 2.02. The number of aromatic nitrogens is 3. The van der Waals surface area contributed by atoms with E-state index in [1.54, 1.807) is 6.20 Å². The van der Waals surface area contributed by atoms with Gasteiger partial charge in [0.15, 0.2) is 0 Å². The quantitative estimate of drug-likeness (QED) is 0.789. The highest BCUT2D eigenvalue weighted by molar-refractivity contribution is 6.32. The van der Waals surface area contributed by atoms with Gasteiger partial charge in [0.05, 0.1) is 10.7 Å². The van der Waals surface area contributed by atoms with E-state index in [4.69, 9.17) is 23.2 Å². The van der Waals surface area contributed by atoms with Crippen LogP contribution in [0.15, 0.2) is 18.6 Å². The molecule has 0 amide bonds. The fourth-order valence-electron chi connectivity index (χ4n) is 2.37. The van der Waals surface area contributed by atoms with E-state index in [1.807, 2.05) is 12.4 Å². The molecule has 0 radical (unpaired) electrons. The highest BCUT2D eigenvalue weighted by atomic mass is 35.5. The first-order chi connectivity index (χ1) is 8.79. The van der Waals surface area contributed by atoms with Gasteiger partial charge in [-0.15, -0.1) is 11.6 Å². The Hall–Kier alpha value is -1.06. The molecule has 0 N–H and O–H groups in total. The average molecular weight is 282 g/mol. The van der Waals surface area contributed by atoms with Crippen LogP contribution in [0.2, 0.25) is 5.02 Å². The Morgan fingerprint density at radius 3 is 2.89 bits per heavy atom. The van der Waals surface area contributed by atoms with Crippen LogP contribution < -0.4 is 0 Å². The highest BCUT2D eigenvalue weighted by Gasteiger charge is 2.17. The molecule has 0 bridgehead atoms. The minimum atomic E-state index is 0.394. The summed E-state index contributed by atoms with van der Waals surface area (Å²) in [5.41, 5.74) is 3.38. The Bertz CT molecular complexity index is 578. The average Bonchev–Trinajstić information content (AvgIpc) is 2.83. The smallest absolute Gasteiger partial charge is 0.138 e. The van der Waals surface area contributed by atoms with Crippen molar-refractivity contribution in [1.29, 1.82) is 0 Å². The van der Waals surface area contributed by atoms with Crippen molar-refractivity contribution >= 4 is 23.2 Å². The molecule has 18 heavy (non-hydrogen) atoms. The molecule has 0 fully saturated rings. The van der Waals surface area contributed by atoms with Crippen molar-refractivity contribution in [3.8, 4) is 5.82 Å². The molecule has 0 spiro atoms. The Kier molecular flexibility index (Phi) is 3.27. The van der Waals surface area contributed by atoms with Crippen LogP contribution in [0.5, 0.6) is 0 Å². The van der Waals surface area contributed by atoms with E-state index < -0.39 is 0 Å².